The first-order valence-electron chi connectivity index (χ1n) is 7.47. The second-order valence-electron chi connectivity index (χ2n) is 5.48. The highest BCUT2D eigenvalue weighted by Crippen LogP contribution is 2.14. The summed E-state index contributed by atoms with van der Waals surface area (Å²) in [6.45, 7) is 2.83. The number of ketones is 1. The number of Topliss-reactive ketones (excluding diaryl/α,β-unsaturated/α-hetero) is 1. The molecule has 2 heterocycles. The predicted octanol–water partition coefficient (Wildman–Crippen LogP) is 2.57. The van der Waals surface area contributed by atoms with Crippen LogP contribution in [0.4, 0.5) is 0 Å². The van der Waals surface area contributed by atoms with E-state index < -0.39 is 0 Å². The number of carbonyl (C=O) groups excluding carboxylic acids is 2. The van der Waals surface area contributed by atoms with Gasteiger partial charge in [-0.05, 0) is 30.3 Å². The van der Waals surface area contributed by atoms with Gasteiger partial charge in [-0.25, -0.2) is 0 Å². The number of carbonyl (C=O) groups is 2. The molecule has 1 aromatic heterocycles. The molecule has 0 spiro atoms. The zero-order chi connectivity index (χ0) is 16.2. The fraction of sp³-hybridized carbons (Fsp3) is 0.294. The van der Waals surface area contributed by atoms with Crippen LogP contribution in [0.3, 0.4) is 0 Å². The van der Waals surface area contributed by atoms with Crippen LogP contribution in [0.2, 0.25) is 5.02 Å². The van der Waals surface area contributed by atoms with Crippen molar-refractivity contribution in [1.82, 2.24) is 9.80 Å². The lowest BCUT2D eigenvalue weighted by atomic mass is 10.1. The third-order valence-corrected chi connectivity index (χ3v) is 4.13. The van der Waals surface area contributed by atoms with E-state index in [1.807, 2.05) is 4.90 Å². The van der Waals surface area contributed by atoms with Crippen LogP contribution in [0.15, 0.2) is 47.1 Å². The van der Waals surface area contributed by atoms with E-state index in [0.29, 0.717) is 49.1 Å². The minimum absolute atomic E-state index is 0.0236. The first-order chi connectivity index (χ1) is 11.1. The summed E-state index contributed by atoms with van der Waals surface area (Å²) >= 11 is 5.93. The van der Waals surface area contributed by atoms with Gasteiger partial charge in [0.05, 0.1) is 12.8 Å². The molecule has 0 bridgehead atoms. The highest BCUT2D eigenvalue weighted by Gasteiger charge is 2.24. The molecule has 1 saturated heterocycles. The van der Waals surface area contributed by atoms with Gasteiger partial charge in [-0.3, -0.25) is 14.5 Å². The second kappa shape index (κ2) is 6.98. The highest BCUT2D eigenvalue weighted by atomic mass is 35.5. The number of hydrogen-bond donors (Lipinski definition) is 0. The Morgan fingerprint density at radius 3 is 2.52 bits per heavy atom. The minimum atomic E-state index is -0.0374. The molecule has 1 aliphatic rings. The number of hydrogen-bond acceptors (Lipinski definition) is 4. The van der Waals surface area contributed by atoms with Gasteiger partial charge in [0.15, 0.2) is 5.76 Å². The van der Waals surface area contributed by atoms with Crippen LogP contribution >= 0.6 is 11.6 Å². The second-order valence-corrected chi connectivity index (χ2v) is 5.92. The Labute approximate surface area is 139 Å². The average molecular weight is 333 g/mol. The lowest BCUT2D eigenvalue weighted by Gasteiger charge is -2.34. The van der Waals surface area contributed by atoms with Crippen LogP contribution in [0, 0.1) is 0 Å². The summed E-state index contributed by atoms with van der Waals surface area (Å²) in [5.41, 5.74) is 0.595. The number of benzene rings is 1. The van der Waals surface area contributed by atoms with E-state index in [-0.39, 0.29) is 11.7 Å². The first-order valence-corrected chi connectivity index (χ1v) is 7.85. The number of furan rings is 1. The average Bonchev–Trinajstić information content (AvgIpc) is 3.09. The molecule has 0 aliphatic carbocycles. The summed E-state index contributed by atoms with van der Waals surface area (Å²) in [6, 6.07) is 10.3. The zero-order valence-electron chi connectivity index (χ0n) is 12.6. The Balaban J connectivity index is 1.54. The van der Waals surface area contributed by atoms with Crippen molar-refractivity contribution in [3.63, 3.8) is 0 Å². The summed E-state index contributed by atoms with van der Waals surface area (Å²) in [6.07, 6.45) is 1.49. The minimum Gasteiger partial charge on any atom is -0.461 e. The number of halogens is 1. The maximum atomic E-state index is 12.4. The van der Waals surface area contributed by atoms with Crippen molar-refractivity contribution < 1.29 is 14.0 Å². The number of rotatable bonds is 4. The fourth-order valence-corrected chi connectivity index (χ4v) is 2.82. The van der Waals surface area contributed by atoms with Gasteiger partial charge in [0, 0.05) is 36.8 Å². The van der Waals surface area contributed by atoms with Gasteiger partial charge < -0.3 is 9.32 Å². The summed E-state index contributed by atoms with van der Waals surface area (Å²) in [4.78, 5) is 28.3. The Morgan fingerprint density at radius 1 is 1.09 bits per heavy atom. The van der Waals surface area contributed by atoms with Crippen molar-refractivity contribution in [1.29, 1.82) is 0 Å². The summed E-state index contributed by atoms with van der Waals surface area (Å²) in [5.74, 6) is 0.316. The number of amides is 1. The van der Waals surface area contributed by atoms with Crippen molar-refractivity contribution in [2.45, 2.75) is 0 Å². The molecule has 0 saturated carbocycles. The third-order valence-electron chi connectivity index (χ3n) is 3.89. The van der Waals surface area contributed by atoms with E-state index >= 15 is 0 Å². The largest absolute Gasteiger partial charge is 0.461 e. The van der Waals surface area contributed by atoms with Crippen LogP contribution in [-0.2, 0) is 0 Å². The summed E-state index contributed by atoms with van der Waals surface area (Å²) in [5, 5.41) is 0.554. The Morgan fingerprint density at radius 2 is 1.87 bits per heavy atom. The first kappa shape index (κ1) is 15.8. The number of nitrogens with zero attached hydrogens (tertiary/aromatic N) is 2. The molecule has 120 valence electrons. The van der Waals surface area contributed by atoms with Crippen LogP contribution in [0.5, 0.6) is 0 Å². The molecule has 2 aromatic rings. The molecule has 1 aliphatic heterocycles. The van der Waals surface area contributed by atoms with Gasteiger partial charge in [-0.1, -0.05) is 17.7 Å². The van der Waals surface area contributed by atoms with E-state index in [0.717, 1.165) is 0 Å². The SMILES string of the molecule is O=C(CN1CCN(C(=O)c2cccc(Cl)c2)CC1)c1ccco1. The molecule has 1 fully saturated rings. The molecule has 23 heavy (non-hydrogen) atoms. The predicted molar refractivity (Wildman–Crippen MR) is 86.8 cm³/mol. The molecule has 0 atom stereocenters. The standard InChI is InChI=1S/C17H17ClN2O3/c18-14-4-1-3-13(11-14)17(22)20-8-6-19(7-9-20)12-15(21)16-5-2-10-23-16/h1-5,10-11H,6-9,12H2. The normalized spacial score (nSPS) is 15.6. The lowest BCUT2D eigenvalue weighted by molar-refractivity contribution is 0.0620. The Hall–Kier alpha value is -2.11. The van der Waals surface area contributed by atoms with Gasteiger partial charge in [0.2, 0.25) is 5.78 Å². The van der Waals surface area contributed by atoms with Gasteiger partial charge >= 0.3 is 0 Å². The highest BCUT2D eigenvalue weighted by molar-refractivity contribution is 6.30. The van der Waals surface area contributed by atoms with Crippen molar-refractivity contribution in [2.75, 3.05) is 32.7 Å². The fourth-order valence-electron chi connectivity index (χ4n) is 2.63. The topological polar surface area (TPSA) is 53.8 Å². The van der Waals surface area contributed by atoms with Crippen LogP contribution < -0.4 is 0 Å². The molecular weight excluding hydrogens is 316 g/mol. The molecule has 6 heteroatoms. The summed E-state index contributed by atoms with van der Waals surface area (Å²) < 4.78 is 5.11. The van der Waals surface area contributed by atoms with E-state index in [1.165, 1.54) is 6.26 Å². The molecule has 0 radical (unpaired) electrons. The van der Waals surface area contributed by atoms with Crippen LogP contribution in [0.25, 0.3) is 0 Å². The van der Waals surface area contributed by atoms with Crippen molar-refractivity contribution in [3.8, 4) is 0 Å². The van der Waals surface area contributed by atoms with Gasteiger partial charge in [-0.15, -0.1) is 0 Å². The van der Waals surface area contributed by atoms with Crippen molar-refractivity contribution in [3.05, 3.63) is 59.0 Å². The Bertz CT molecular complexity index is 692. The smallest absolute Gasteiger partial charge is 0.253 e. The summed E-state index contributed by atoms with van der Waals surface area (Å²) in [7, 11) is 0. The van der Waals surface area contributed by atoms with E-state index in [2.05, 4.69) is 0 Å². The molecule has 0 unspecified atom stereocenters. The zero-order valence-corrected chi connectivity index (χ0v) is 13.3. The maximum Gasteiger partial charge on any atom is 0.253 e. The molecular formula is C17H17ClN2O3. The maximum absolute atomic E-state index is 12.4. The molecule has 3 rings (SSSR count). The molecule has 1 amide bonds. The monoisotopic (exact) mass is 332 g/mol. The van der Waals surface area contributed by atoms with E-state index in [9.17, 15) is 9.59 Å². The molecule has 5 nitrogen and oxygen atoms in total. The van der Waals surface area contributed by atoms with Crippen LogP contribution in [-0.4, -0.2) is 54.2 Å². The molecule has 1 aromatic carbocycles. The quantitative estimate of drug-likeness (QED) is 0.807. The van der Waals surface area contributed by atoms with Crippen LogP contribution in [0.1, 0.15) is 20.9 Å². The Kier molecular flexibility index (Phi) is 4.79. The van der Waals surface area contributed by atoms with Gasteiger partial charge in [-0.2, -0.15) is 0 Å². The van der Waals surface area contributed by atoms with E-state index in [1.54, 1.807) is 41.3 Å². The third kappa shape index (κ3) is 3.81. The molecule has 0 N–H and O–H groups in total. The van der Waals surface area contributed by atoms with Gasteiger partial charge in [0.25, 0.3) is 5.91 Å². The van der Waals surface area contributed by atoms with E-state index in [4.69, 9.17) is 16.0 Å². The van der Waals surface area contributed by atoms with Crippen molar-refractivity contribution in [2.24, 2.45) is 0 Å². The number of piperazine rings is 1. The van der Waals surface area contributed by atoms with Gasteiger partial charge in [0.1, 0.15) is 0 Å². The lowest BCUT2D eigenvalue weighted by Crippen LogP contribution is -2.49. The van der Waals surface area contributed by atoms with Crippen molar-refractivity contribution >= 4 is 23.3 Å².